The highest BCUT2D eigenvalue weighted by Crippen LogP contribution is 2.29. The van der Waals surface area contributed by atoms with Crippen LogP contribution in [0.25, 0.3) is 0 Å². The lowest BCUT2D eigenvalue weighted by atomic mass is 9.95. The lowest BCUT2D eigenvalue weighted by Gasteiger charge is -2.20. The minimum atomic E-state index is 0.168. The van der Waals surface area contributed by atoms with Gasteiger partial charge >= 0.3 is 0 Å². The van der Waals surface area contributed by atoms with Gasteiger partial charge in [-0.2, -0.15) is 0 Å². The lowest BCUT2D eigenvalue weighted by Crippen LogP contribution is -2.22. The molecule has 1 N–H and O–H groups in total. The number of halogens is 2. The van der Waals surface area contributed by atoms with Gasteiger partial charge in [-0.3, -0.25) is 0 Å². The van der Waals surface area contributed by atoms with E-state index in [2.05, 4.69) is 72.3 Å². The Balaban J connectivity index is 2.35. The largest absolute Gasteiger partial charge is 0.307 e. The molecule has 0 saturated heterocycles. The van der Waals surface area contributed by atoms with Gasteiger partial charge in [-0.05, 0) is 57.2 Å². The highest BCUT2D eigenvalue weighted by Gasteiger charge is 2.14. The monoisotopic (exact) mass is 365 g/mol. The summed E-state index contributed by atoms with van der Waals surface area (Å²) in [4.78, 5) is 0. The molecule has 0 heterocycles. The van der Waals surface area contributed by atoms with Gasteiger partial charge in [0.05, 0.1) is 11.1 Å². The van der Waals surface area contributed by atoms with Crippen molar-refractivity contribution in [2.45, 2.75) is 32.7 Å². The lowest BCUT2D eigenvalue weighted by molar-refractivity contribution is 0.630. The fourth-order valence-corrected chi connectivity index (χ4v) is 2.83. The van der Waals surface area contributed by atoms with Crippen LogP contribution in [-0.4, -0.2) is 6.54 Å². The molecule has 2 rings (SSSR count). The van der Waals surface area contributed by atoms with Gasteiger partial charge in [-0.15, -0.1) is 0 Å². The van der Waals surface area contributed by atoms with Crippen molar-refractivity contribution in [2.75, 3.05) is 6.54 Å². The maximum Gasteiger partial charge on any atom is 0.0577 e. The van der Waals surface area contributed by atoms with Crippen LogP contribution >= 0.6 is 27.5 Å². The first-order valence-electron chi connectivity index (χ1n) is 7.31. The molecule has 21 heavy (non-hydrogen) atoms. The first-order chi connectivity index (χ1) is 10.0. The summed E-state index contributed by atoms with van der Waals surface area (Å²) in [5.74, 6) is 0.554. The molecule has 0 radical (unpaired) electrons. The molecule has 112 valence electrons. The van der Waals surface area contributed by atoms with Crippen LogP contribution in [0.4, 0.5) is 0 Å². The molecule has 0 amide bonds. The summed E-state index contributed by atoms with van der Waals surface area (Å²) >= 11 is 9.68. The van der Waals surface area contributed by atoms with Crippen molar-refractivity contribution < 1.29 is 0 Å². The van der Waals surface area contributed by atoms with Crippen molar-refractivity contribution in [3.05, 3.63) is 68.7 Å². The van der Waals surface area contributed by atoms with Crippen molar-refractivity contribution in [3.63, 3.8) is 0 Å². The zero-order valence-corrected chi connectivity index (χ0v) is 15.0. The Morgan fingerprint density at radius 3 is 2.10 bits per heavy atom. The summed E-state index contributed by atoms with van der Waals surface area (Å²) in [7, 11) is 0. The third kappa shape index (κ3) is 4.09. The van der Waals surface area contributed by atoms with E-state index in [9.17, 15) is 0 Å². The smallest absolute Gasteiger partial charge is 0.0577 e. The van der Waals surface area contributed by atoms with E-state index in [1.165, 1.54) is 16.7 Å². The Morgan fingerprint density at radius 2 is 1.57 bits per heavy atom. The summed E-state index contributed by atoms with van der Waals surface area (Å²) in [6.45, 7) is 7.46. The normalized spacial score (nSPS) is 12.7. The van der Waals surface area contributed by atoms with E-state index in [0.29, 0.717) is 5.92 Å². The van der Waals surface area contributed by atoms with E-state index in [0.717, 1.165) is 16.0 Å². The molecule has 2 aromatic rings. The van der Waals surface area contributed by atoms with Crippen molar-refractivity contribution in [2.24, 2.45) is 0 Å². The second kappa shape index (κ2) is 7.44. The maximum atomic E-state index is 6.24. The van der Waals surface area contributed by atoms with Crippen molar-refractivity contribution in [1.82, 2.24) is 5.32 Å². The Labute approximate surface area is 140 Å². The Morgan fingerprint density at radius 1 is 1.00 bits per heavy atom. The quantitative estimate of drug-likeness (QED) is 0.692. The molecule has 2 aromatic carbocycles. The van der Waals surface area contributed by atoms with E-state index < -0.39 is 0 Å². The topological polar surface area (TPSA) is 12.0 Å². The molecular formula is C18H21BrClN. The first kappa shape index (κ1) is 16.5. The number of hydrogen-bond donors (Lipinski definition) is 1. The molecule has 0 spiro atoms. The van der Waals surface area contributed by atoms with Gasteiger partial charge in [0.15, 0.2) is 0 Å². The van der Waals surface area contributed by atoms with Gasteiger partial charge in [0.2, 0.25) is 0 Å². The standard InChI is InChI=1S/C18H21BrClN/c1-4-21-18(15-9-10-16(19)17(20)11-15)14-7-5-13(6-8-14)12(2)3/h5-12,18,21H,4H2,1-3H3. The third-order valence-corrected chi connectivity index (χ3v) is 4.85. The average Bonchev–Trinajstić information content (AvgIpc) is 2.48. The molecule has 0 aromatic heterocycles. The van der Waals surface area contributed by atoms with E-state index in [1.807, 2.05) is 12.1 Å². The van der Waals surface area contributed by atoms with Crippen molar-refractivity contribution in [1.29, 1.82) is 0 Å². The van der Waals surface area contributed by atoms with Crippen LogP contribution in [0.5, 0.6) is 0 Å². The minimum Gasteiger partial charge on any atom is -0.307 e. The number of hydrogen-bond acceptors (Lipinski definition) is 1. The Bertz CT molecular complexity index is 593. The van der Waals surface area contributed by atoms with Crippen molar-refractivity contribution in [3.8, 4) is 0 Å². The number of nitrogens with one attached hydrogen (secondary N) is 1. The van der Waals surface area contributed by atoms with Crippen LogP contribution in [0.1, 0.15) is 49.4 Å². The summed E-state index contributed by atoms with van der Waals surface area (Å²) in [6.07, 6.45) is 0. The number of rotatable bonds is 5. The zero-order chi connectivity index (χ0) is 15.4. The average molecular weight is 367 g/mol. The molecule has 0 bridgehead atoms. The van der Waals surface area contributed by atoms with Gasteiger partial charge < -0.3 is 5.32 Å². The molecule has 0 aliphatic heterocycles. The maximum absolute atomic E-state index is 6.24. The number of benzene rings is 2. The van der Waals surface area contributed by atoms with Gasteiger partial charge in [-0.25, -0.2) is 0 Å². The molecule has 0 aliphatic carbocycles. The van der Waals surface area contributed by atoms with Crippen molar-refractivity contribution >= 4 is 27.5 Å². The van der Waals surface area contributed by atoms with Crippen LogP contribution in [-0.2, 0) is 0 Å². The predicted octanol–water partition coefficient (Wildman–Crippen LogP) is 5.92. The summed E-state index contributed by atoms with van der Waals surface area (Å²) < 4.78 is 0.929. The molecule has 0 fully saturated rings. The van der Waals surface area contributed by atoms with Crippen LogP contribution in [0.3, 0.4) is 0 Å². The van der Waals surface area contributed by atoms with Crippen LogP contribution in [0.15, 0.2) is 46.9 Å². The summed E-state index contributed by atoms with van der Waals surface area (Å²) in [5, 5.41) is 4.28. The molecule has 1 nitrogen and oxygen atoms in total. The van der Waals surface area contributed by atoms with Gasteiger partial charge in [0.1, 0.15) is 0 Å². The second-order valence-corrected chi connectivity index (χ2v) is 6.75. The van der Waals surface area contributed by atoms with Gasteiger partial charge in [0, 0.05) is 4.47 Å². The predicted molar refractivity (Wildman–Crippen MR) is 95.2 cm³/mol. The SMILES string of the molecule is CCNC(c1ccc(C(C)C)cc1)c1ccc(Br)c(Cl)c1. The van der Waals surface area contributed by atoms with Gasteiger partial charge in [0.25, 0.3) is 0 Å². The zero-order valence-electron chi connectivity index (χ0n) is 12.7. The molecule has 0 aliphatic rings. The summed E-state index contributed by atoms with van der Waals surface area (Å²) in [6, 6.07) is 15.1. The second-order valence-electron chi connectivity index (χ2n) is 5.49. The summed E-state index contributed by atoms with van der Waals surface area (Å²) in [5.41, 5.74) is 3.81. The van der Waals surface area contributed by atoms with E-state index in [4.69, 9.17) is 11.6 Å². The molecule has 3 heteroatoms. The molecule has 1 atom stereocenters. The molecule has 1 unspecified atom stereocenters. The minimum absolute atomic E-state index is 0.168. The van der Waals surface area contributed by atoms with E-state index >= 15 is 0 Å². The van der Waals surface area contributed by atoms with Crippen LogP contribution < -0.4 is 5.32 Å². The van der Waals surface area contributed by atoms with Gasteiger partial charge in [-0.1, -0.05) is 62.7 Å². The van der Waals surface area contributed by atoms with Crippen LogP contribution in [0, 0.1) is 0 Å². The molecule has 0 saturated carbocycles. The molecular weight excluding hydrogens is 346 g/mol. The Kier molecular flexibility index (Phi) is 5.86. The van der Waals surface area contributed by atoms with Crippen LogP contribution in [0.2, 0.25) is 5.02 Å². The highest BCUT2D eigenvalue weighted by atomic mass is 79.9. The highest BCUT2D eigenvalue weighted by molar-refractivity contribution is 9.10. The Hall–Kier alpha value is -0.830. The first-order valence-corrected chi connectivity index (χ1v) is 8.48. The fraction of sp³-hybridized carbons (Fsp3) is 0.333. The van der Waals surface area contributed by atoms with E-state index in [1.54, 1.807) is 0 Å². The fourth-order valence-electron chi connectivity index (χ4n) is 2.40. The third-order valence-electron chi connectivity index (χ3n) is 3.62. The van der Waals surface area contributed by atoms with E-state index in [-0.39, 0.29) is 6.04 Å².